The van der Waals surface area contributed by atoms with E-state index in [1.807, 2.05) is 0 Å². The van der Waals surface area contributed by atoms with Gasteiger partial charge in [-0.3, -0.25) is 4.52 Å². The molecule has 0 unspecified atom stereocenters. The van der Waals surface area contributed by atoms with Crippen LogP contribution in [0.5, 0.6) is 11.5 Å². The van der Waals surface area contributed by atoms with Gasteiger partial charge >= 0.3 is 8.60 Å². The Hall–Kier alpha value is -1.57. The molecule has 0 aliphatic carbocycles. The van der Waals surface area contributed by atoms with Crippen LogP contribution in [0.25, 0.3) is 0 Å². The second kappa shape index (κ2) is 14.6. The highest BCUT2D eigenvalue weighted by atomic mass is 31.2. The molecule has 2 aromatic carbocycles. The standard InChI is InChI=1S/C36H59O3P/c1-13-15-16-28(14-2)25-37-40(38-31-21-17-29(18-22-31)35(9,10)26-33(3,4)5)39-32-23-19-30(20-24-32)36(11,12)27-34(6,7)8/h17-24,28H,13-16,25-27H2,1-12H3/t28-/m0/s1. The van der Waals surface area contributed by atoms with Crippen LogP contribution >= 0.6 is 8.60 Å². The SMILES string of the molecule is CCCC[C@H](CC)COP(Oc1ccc(C(C)(C)CC(C)(C)C)cc1)Oc1ccc(C(C)(C)CC(C)(C)C)cc1. The Morgan fingerprint density at radius 3 is 1.35 bits per heavy atom. The molecule has 2 rings (SSSR count). The van der Waals surface area contributed by atoms with Crippen LogP contribution in [0.2, 0.25) is 0 Å². The summed E-state index contributed by atoms with van der Waals surface area (Å²) < 4.78 is 19.1. The third-order valence-corrected chi connectivity index (χ3v) is 8.61. The minimum absolute atomic E-state index is 0.0879. The molecule has 0 aliphatic heterocycles. The predicted octanol–water partition coefficient (Wildman–Crippen LogP) is 12.0. The average molecular weight is 571 g/mol. The van der Waals surface area contributed by atoms with Gasteiger partial charge in [-0.2, -0.15) is 0 Å². The van der Waals surface area contributed by atoms with E-state index in [0.29, 0.717) is 12.5 Å². The summed E-state index contributed by atoms with van der Waals surface area (Å²) in [6.07, 6.45) is 6.91. The molecule has 4 heteroatoms. The quantitative estimate of drug-likeness (QED) is 0.199. The molecule has 0 radical (unpaired) electrons. The summed E-state index contributed by atoms with van der Waals surface area (Å²) in [6.45, 7) is 28.2. The summed E-state index contributed by atoms with van der Waals surface area (Å²) in [5, 5.41) is 0. The third-order valence-electron chi connectivity index (χ3n) is 7.53. The maximum absolute atomic E-state index is 6.37. The lowest BCUT2D eigenvalue weighted by atomic mass is 9.72. The van der Waals surface area contributed by atoms with Gasteiger partial charge < -0.3 is 9.05 Å². The van der Waals surface area contributed by atoms with Gasteiger partial charge in [0.1, 0.15) is 11.5 Å². The summed E-state index contributed by atoms with van der Waals surface area (Å²) in [4.78, 5) is 0. The van der Waals surface area contributed by atoms with Crippen LogP contribution < -0.4 is 9.05 Å². The molecule has 0 aliphatic rings. The molecule has 0 N–H and O–H groups in total. The summed E-state index contributed by atoms with van der Waals surface area (Å²) in [7, 11) is -1.59. The second-order valence-corrected chi connectivity index (χ2v) is 16.5. The number of benzene rings is 2. The van der Waals surface area contributed by atoms with Gasteiger partial charge in [0.15, 0.2) is 0 Å². The van der Waals surface area contributed by atoms with E-state index in [1.54, 1.807) is 0 Å². The van der Waals surface area contributed by atoms with Crippen molar-refractivity contribution < 1.29 is 13.6 Å². The summed E-state index contributed by atoms with van der Waals surface area (Å²) >= 11 is 0. The van der Waals surface area contributed by atoms with Gasteiger partial charge in [-0.1, -0.05) is 127 Å². The molecule has 0 spiro atoms. The minimum Gasteiger partial charge on any atom is -0.418 e. The van der Waals surface area contributed by atoms with Crippen molar-refractivity contribution in [3.05, 3.63) is 59.7 Å². The van der Waals surface area contributed by atoms with Crippen molar-refractivity contribution in [2.75, 3.05) is 6.61 Å². The van der Waals surface area contributed by atoms with Crippen LogP contribution in [0, 0.1) is 16.7 Å². The van der Waals surface area contributed by atoms with Crippen LogP contribution in [0.3, 0.4) is 0 Å². The predicted molar refractivity (Wildman–Crippen MR) is 175 cm³/mol. The Labute approximate surface area is 248 Å². The van der Waals surface area contributed by atoms with Gasteiger partial charge in [-0.15, -0.1) is 0 Å². The fourth-order valence-corrected chi connectivity index (χ4v) is 7.16. The monoisotopic (exact) mass is 570 g/mol. The zero-order valence-electron chi connectivity index (χ0n) is 27.8. The summed E-state index contributed by atoms with van der Waals surface area (Å²) in [6, 6.07) is 17.0. The van der Waals surface area contributed by atoms with E-state index >= 15 is 0 Å². The zero-order valence-corrected chi connectivity index (χ0v) is 28.7. The molecule has 40 heavy (non-hydrogen) atoms. The first kappa shape index (κ1) is 34.6. The molecule has 1 atom stereocenters. The number of unbranched alkanes of at least 4 members (excludes halogenated alkanes) is 1. The maximum atomic E-state index is 6.37. The largest absolute Gasteiger partial charge is 0.463 e. The number of hydrogen-bond acceptors (Lipinski definition) is 3. The van der Waals surface area contributed by atoms with Crippen molar-refractivity contribution >= 4 is 8.60 Å². The Bertz CT molecular complexity index is 921. The lowest BCUT2D eigenvalue weighted by Crippen LogP contribution is -2.24. The first-order valence-electron chi connectivity index (χ1n) is 15.4. The molecule has 2 aromatic rings. The average Bonchev–Trinajstić information content (AvgIpc) is 2.82. The molecule has 3 nitrogen and oxygen atoms in total. The first-order chi connectivity index (χ1) is 18.4. The molecular weight excluding hydrogens is 511 g/mol. The van der Waals surface area contributed by atoms with Crippen LogP contribution in [0.1, 0.15) is 133 Å². The molecule has 0 fully saturated rings. The Morgan fingerprint density at radius 2 is 1.02 bits per heavy atom. The highest BCUT2D eigenvalue weighted by Gasteiger charge is 2.29. The summed E-state index contributed by atoms with van der Waals surface area (Å²) in [5.41, 5.74) is 3.34. The highest BCUT2D eigenvalue weighted by molar-refractivity contribution is 7.42. The Kier molecular flexibility index (Phi) is 12.6. The molecule has 0 amide bonds. The highest BCUT2D eigenvalue weighted by Crippen LogP contribution is 2.44. The van der Waals surface area contributed by atoms with E-state index < -0.39 is 8.60 Å². The van der Waals surface area contributed by atoms with Crippen LogP contribution in [-0.2, 0) is 15.4 Å². The normalized spacial score (nSPS) is 13.9. The first-order valence-corrected chi connectivity index (χ1v) is 16.5. The van der Waals surface area contributed by atoms with E-state index in [0.717, 1.165) is 30.8 Å². The maximum Gasteiger partial charge on any atom is 0.463 e. The molecule has 226 valence electrons. The van der Waals surface area contributed by atoms with Gasteiger partial charge in [-0.05, 0) is 82.2 Å². The second-order valence-electron chi connectivity index (χ2n) is 15.4. The minimum atomic E-state index is -1.59. The summed E-state index contributed by atoms with van der Waals surface area (Å²) in [5.74, 6) is 2.08. The zero-order chi connectivity index (χ0) is 30.2. The molecule has 0 aromatic heterocycles. The third kappa shape index (κ3) is 12.1. The van der Waals surface area contributed by atoms with E-state index in [9.17, 15) is 0 Å². The van der Waals surface area contributed by atoms with E-state index in [-0.39, 0.29) is 21.7 Å². The van der Waals surface area contributed by atoms with E-state index in [2.05, 4.69) is 132 Å². The van der Waals surface area contributed by atoms with Crippen molar-refractivity contribution in [2.45, 2.75) is 132 Å². The van der Waals surface area contributed by atoms with Crippen LogP contribution in [0.15, 0.2) is 48.5 Å². The lowest BCUT2D eigenvalue weighted by Gasteiger charge is -2.33. The lowest BCUT2D eigenvalue weighted by molar-refractivity contribution is 0.208. The van der Waals surface area contributed by atoms with E-state index in [4.69, 9.17) is 13.6 Å². The molecule has 0 heterocycles. The van der Waals surface area contributed by atoms with Crippen molar-refractivity contribution in [1.29, 1.82) is 0 Å². The van der Waals surface area contributed by atoms with Crippen LogP contribution in [-0.4, -0.2) is 6.61 Å². The number of hydrogen-bond donors (Lipinski definition) is 0. The topological polar surface area (TPSA) is 27.7 Å². The van der Waals surface area contributed by atoms with Crippen molar-refractivity contribution in [3.8, 4) is 11.5 Å². The van der Waals surface area contributed by atoms with Crippen molar-refractivity contribution in [2.24, 2.45) is 16.7 Å². The van der Waals surface area contributed by atoms with Crippen molar-refractivity contribution in [3.63, 3.8) is 0 Å². The van der Waals surface area contributed by atoms with Crippen LogP contribution in [0.4, 0.5) is 0 Å². The molecule has 0 bridgehead atoms. The molecular formula is C36H59O3P. The van der Waals surface area contributed by atoms with Gasteiger partial charge in [0.25, 0.3) is 0 Å². The Morgan fingerprint density at radius 1 is 0.625 bits per heavy atom. The smallest absolute Gasteiger partial charge is 0.418 e. The fraction of sp³-hybridized carbons (Fsp3) is 0.667. The van der Waals surface area contributed by atoms with Crippen molar-refractivity contribution in [1.82, 2.24) is 0 Å². The fourth-order valence-electron chi connectivity index (χ4n) is 6.10. The van der Waals surface area contributed by atoms with E-state index in [1.165, 1.54) is 30.4 Å². The number of rotatable bonds is 15. The van der Waals surface area contributed by atoms with Gasteiger partial charge in [0.05, 0.1) is 6.61 Å². The molecule has 0 saturated carbocycles. The van der Waals surface area contributed by atoms with Gasteiger partial charge in [0.2, 0.25) is 0 Å². The van der Waals surface area contributed by atoms with Gasteiger partial charge in [-0.25, -0.2) is 0 Å². The molecule has 0 saturated heterocycles. The Balaban J connectivity index is 2.20. The van der Waals surface area contributed by atoms with Gasteiger partial charge in [0, 0.05) is 0 Å².